The van der Waals surface area contributed by atoms with Crippen molar-refractivity contribution in [3.63, 3.8) is 0 Å². The number of benzene rings is 1. The van der Waals surface area contributed by atoms with E-state index in [1.54, 1.807) is 41.1 Å². The maximum absolute atomic E-state index is 12.5. The van der Waals surface area contributed by atoms with Crippen LogP contribution < -0.4 is 32.0 Å². The SMILES string of the molecule is CCOC(=O)Cc1csc(N)[n+]1CC(=O)c1ccccc1OC.[Br-]. The van der Waals surface area contributed by atoms with Crippen LogP contribution in [-0.4, -0.2) is 25.5 Å². The Morgan fingerprint density at radius 2 is 2.00 bits per heavy atom. The van der Waals surface area contributed by atoms with Gasteiger partial charge in [0.05, 0.1) is 19.3 Å². The van der Waals surface area contributed by atoms with Crippen LogP contribution in [0.2, 0.25) is 0 Å². The molecule has 0 amide bonds. The summed E-state index contributed by atoms with van der Waals surface area (Å²) in [6, 6.07) is 7.01. The van der Waals surface area contributed by atoms with Crippen molar-refractivity contribution in [2.45, 2.75) is 19.9 Å². The van der Waals surface area contributed by atoms with Crippen molar-refractivity contribution in [2.24, 2.45) is 0 Å². The number of hydrogen-bond acceptors (Lipinski definition) is 6. The molecule has 6 nitrogen and oxygen atoms in total. The number of carbonyl (C=O) groups excluding carboxylic acids is 2. The van der Waals surface area contributed by atoms with E-state index in [1.807, 2.05) is 0 Å². The number of hydrogen-bond donors (Lipinski definition) is 1. The lowest BCUT2D eigenvalue weighted by molar-refractivity contribution is -0.671. The summed E-state index contributed by atoms with van der Waals surface area (Å²) in [5.74, 6) is 0.0327. The number of halogens is 1. The molecule has 1 aromatic carbocycles. The van der Waals surface area contributed by atoms with Gasteiger partial charge in [0.2, 0.25) is 5.78 Å². The number of ketones is 1. The topological polar surface area (TPSA) is 82.5 Å². The van der Waals surface area contributed by atoms with Crippen LogP contribution in [0, 0.1) is 0 Å². The number of ether oxygens (including phenoxy) is 2. The highest BCUT2D eigenvalue weighted by molar-refractivity contribution is 7.13. The number of carbonyl (C=O) groups is 2. The molecule has 0 saturated heterocycles. The van der Waals surface area contributed by atoms with E-state index in [4.69, 9.17) is 15.2 Å². The van der Waals surface area contributed by atoms with E-state index in [2.05, 4.69) is 0 Å². The van der Waals surface area contributed by atoms with Gasteiger partial charge in [-0.2, -0.15) is 0 Å². The molecule has 130 valence electrons. The summed E-state index contributed by atoms with van der Waals surface area (Å²) >= 11 is 1.29. The van der Waals surface area contributed by atoms with Gasteiger partial charge < -0.3 is 26.5 Å². The first-order valence-corrected chi connectivity index (χ1v) is 8.02. The molecule has 0 aliphatic rings. The number of methoxy groups -OCH3 is 1. The summed E-state index contributed by atoms with van der Waals surface area (Å²) in [5.41, 5.74) is 7.08. The Kier molecular flexibility index (Phi) is 7.87. The standard InChI is InChI=1S/C16H18N2O4S.BrH/c1-3-22-15(20)8-11-10-23-16(17)18(11)9-13(19)12-6-4-5-7-14(12)21-2;/h4-7,10,17H,3,8-9H2,1-2H3;1H. The summed E-state index contributed by atoms with van der Waals surface area (Å²) in [6.07, 6.45) is 0.0841. The first kappa shape index (κ1) is 20.1. The van der Waals surface area contributed by atoms with Gasteiger partial charge in [0.25, 0.3) is 0 Å². The summed E-state index contributed by atoms with van der Waals surface area (Å²) in [4.78, 5) is 24.2. The number of nitrogens with zero attached hydrogens (tertiary/aromatic N) is 1. The number of aromatic nitrogens is 1. The normalized spacial score (nSPS) is 9.92. The molecule has 0 saturated carbocycles. The van der Waals surface area contributed by atoms with Crippen LogP contribution in [-0.2, 0) is 22.5 Å². The molecule has 2 rings (SSSR count). The molecule has 2 N–H and O–H groups in total. The van der Waals surface area contributed by atoms with E-state index >= 15 is 0 Å². The fourth-order valence-corrected chi connectivity index (χ4v) is 2.95. The van der Waals surface area contributed by atoms with Crippen molar-refractivity contribution >= 4 is 28.2 Å². The molecule has 0 aliphatic heterocycles. The van der Waals surface area contributed by atoms with Gasteiger partial charge in [-0.25, -0.2) is 4.57 Å². The number of nitrogen functional groups attached to an aromatic ring is 1. The molecule has 1 aromatic heterocycles. The van der Waals surface area contributed by atoms with E-state index in [9.17, 15) is 9.59 Å². The van der Waals surface area contributed by atoms with Crippen LogP contribution in [0.5, 0.6) is 5.75 Å². The minimum absolute atomic E-state index is 0. The lowest BCUT2D eigenvalue weighted by atomic mass is 10.1. The third-order valence-electron chi connectivity index (χ3n) is 3.27. The summed E-state index contributed by atoms with van der Waals surface area (Å²) < 4.78 is 11.8. The Labute approximate surface area is 155 Å². The fraction of sp³-hybridized carbons (Fsp3) is 0.312. The van der Waals surface area contributed by atoms with Crippen LogP contribution >= 0.6 is 11.3 Å². The Hall–Kier alpha value is -1.93. The van der Waals surface area contributed by atoms with E-state index in [0.29, 0.717) is 28.7 Å². The number of nitrogens with two attached hydrogens (primary N) is 1. The molecular formula is C16H19BrN2O4S. The van der Waals surface area contributed by atoms with Gasteiger partial charge in [-0.1, -0.05) is 23.5 Å². The Balaban J connectivity index is 0.00000288. The van der Waals surface area contributed by atoms with Gasteiger partial charge in [0, 0.05) is 5.38 Å². The van der Waals surface area contributed by atoms with Gasteiger partial charge in [-0.3, -0.25) is 15.3 Å². The molecule has 24 heavy (non-hydrogen) atoms. The fourth-order valence-electron chi connectivity index (χ4n) is 2.18. The number of rotatable bonds is 7. The molecule has 1 heterocycles. The summed E-state index contributed by atoms with van der Waals surface area (Å²) in [7, 11) is 1.52. The molecule has 0 spiro atoms. The van der Waals surface area contributed by atoms with Gasteiger partial charge in [0.15, 0.2) is 6.54 Å². The lowest BCUT2D eigenvalue weighted by Crippen LogP contribution is -3.00. The molecule has 8 heteroatoms. The number of esters is 1. The van der Waals surface area contributed by atoms with Crippen molar-refractivity contribution in [1.29, 1.82) is 0 Å². The summed E-state index contributed by atoms with van der Waals surface area (Å²) in [6.45, 7) is 2.11. The molecule has 2 aromatic rings. The Morgan fingerprint density at radius 1 is 1.29 bits per heavy atom. The molecule has 0 fully saturated rings. The van der Waals surface area contributed by atoms with Crippen molar-refractivity contribution in [3.8, 4) is 5.75 Å². The zero-order valence-corrected chi connectivity index (χ0v) is 15.9. The minimum Gasteiger partial charge on any atom is -1.00 e. The highest BCUT2D eigenvalue weighted by atomic mass is 79.9. The number of anilines is 1. The predicted molar refractivity (Wildman–Crippen MR) is 86.6 cm³/mol. The first-order chi connectivity index (χ1) is 11.1. The van der Waals surface area contributed by atoms with Crippen LogP contribution in [0.15, 0.2) is 29.6 Å². The number of para-hydroxylation sites is 1. The molecule has 0 atom stereocenters. The average Bonchev–Trinajstić information content (AvgIpc) is 2.88. The van der Waals surface area contributed by atoms with E-state index < -0.39 is 0 Å². The monoisotopic (exact) mass is 414 g/mol. The van der Waals surface area contributed by atoms with Gasteiger partial charge >= 0.3 is 11.1 Å². The minimum atomic E-state index is -0.344. The summed E-state index contributed by atoms with van der Waals surface area (Å²) in [5, 5.41) is 2.23. The second-order valence-corrected chi connectivity index (χ2v) is 5.65. The van der Waals surface area contributed by atoms with E-state index in [-0.39, 0.29) is 41.7 Å². The maximum atomic E-state index is 12.5. The van der Waals surface area contributed by atoms with Gasteiger partial charge in [0.1, 0.15) is 17.9 Å². The molecule has 0 radical (unpaired) electrons. The van der Waals surface area contributed by atoms with Crippen LogP contribution in [0.3, 0.4) is 0 Å². The molecule has 0 unspecified atom stereocenters. The quantitative estimate of drug-likeness (QED) is 0.343. The highest BCUT2D eigenvalue weighted by Gasteiger charge is 2.22. The van der Waals surface area contributed by atoms with Gasteiger partial charge in [-0.15, -0.1) is 0 Å². The maximum Gasteiger partial charge on any atom is 0.332 e. The van der Waals surface area contributed by atoms with Crippen LogP contribution in [0.25, 0.3) is 0 Å². The van der Waals surface area contributed by atoms with Crippen molar-refractivity contribution in [3.05, 3.63) is 40.9 Å². The van der Waals surface area contributed by atoms with Crippen LogP contribution in [0.4, 0.5) is 5.13 Å². The number of thiazole rings is 1. The lowest BCUT2D eigenvalue weighted by Gasteiger charge is -2.07. The molecule has 0 aliphatic carbocycles. The second kappa shape index (κ2) is 9.39. The van der Waals surface area contributed by atoms with Gasteiger partial charge in [-0.05, 0) is 19.1 Å². The van der Waals surface area contributed by atoms with Crippen molar-refractivity contribution < 1.29 is 40.6 Å². The zero-order valence-electron chi connectivity index (χ0n) is 13.5. The zero-order chi connectivity index (χ0) is 16.8. The number of Topliss-reactive ketones (excluding diaryl/α,β-unsaturated/α-hetero) is 1. The van der Waals surface area contributed by atoms with E-state index in [0.717, 1.165) is 0 Å². The Bertz CT molecular complexity index is 718. The molecule has 0 bridgehead atoms. The third kappa shape index (κ3) is 4.78. The third-order valence-corrected chi connectivity index (χ3v) is 4.12. The first-order valence-electron chi connectivity index (χ1n) is 7.14. The highest BCUT2D eigenvalue weighted by Crippen LogP contribution is 2.19. The smallest absolute Gasteiger partial charge is 0.332 e. The second-order valence-electron chi connectivity index (χ2n) is 4.76. The average molecular weight is 415 g/mol. The van der Waals surface area contributed by atoms with Crippen molar-refractivity contribution in [2.75, 3.05) is 19.5 Å². The molecular weight excluding hydrogens is 396 g/mol. The van der Waals surface area contributed by atoms with Crippen molar-refractivity contribution in [1.82, 2.24) is 0 Å². The van der Waals surface area contributed by atoms with Crippen LogP contribution in [0.1, 0.15) is 23.0 Å². The van der Waals surface area contributed by atoms with E-state index in [1.165, 1.54) is 18.4 Å². The predicted octanol–water partition coefficient (Wildman–Crippen LogP) is -1.38. The Morgan fingerprint density at radius 3 is 2.67 bits per heavy atom. The largest absolute Gasteiger partial charge is 1.00 e.